The number of hydrogen-bond acceptors (Lipinski definition) is 9. The largest absolute Gasteiger partial charge is 0.472 e. The molecule has 406 valence electrons. The predicted octanol–water partition coefficient (Wildman–Crippen LogP) is 17.0. The van der Waals surface area contributed by atoms with E-state index in [2.05, 4.69) is 50.3 Å². The smallest absolute Gasteiger partial charge is 0.462 e. The molecule has 69 heavy (non-hydrogen) atoms. The number of ether oxygens (including phenoxy) is 2. The van der Waals surface area contributed by atoms with E-state index >= 15 is 0 Å². The van der Waals surface area contributed by atoms with Gasteiger partial charge in [0.15, 0.2) is 6.10 Å². The Labute approximate surface area is 424 Å². The van der Waals surface area contributed by atoms with Crippen LogP contribution in [0.3, 0.4) is 0 Å². The highest BCUT2D eigenvalue weighted by Crippen LogP contribution is 2.43. The van der Waals surface area contributed by atoms with Gasteiger partial charge in [-0.2, -0.15) is 0 Å². The quantitative estimate of drug-likeness (QED) is 0.0233. The van der Waals surface area contributed by atoms with Gasteiger partial charge in [-0.05, 0) is 70.6 Å². The van der Waals surface area contributed by atoms with Crippen molar-refractivity contribution in [1.82, 2.24) is 0 Å². The first-order valence-corrected chi connectivity index (χ1v) is 30.4. The summed E-state index contributed by atoms with van der Waals surface area (Å²) >= 11 is 0. The molecule has 0 bridgehead atoms. The molecule has 3 N–H and O–H groups in total. The van der Waals surface area contributed by atoms with E-state index in [9.17, 15) is 24.2 Å². The molecule has 0 aliphatic rings. The summed E-state index contributed by atoms with van der Waals surface area (Å²) in [6, 6.07) is 0. The molecule has 10 nitrogen and oxygen atoms in total. The van der Waals surface area contributed by atoms with Gasteiger partial charge < -0.3 is 24.6 Å². The van der Waals surface area contributed by atoms with Crippen molar-refractivity contribution in [2.45, 2.75) is 296 Å². The van der Waals surface area contributed by atoms with E-state index < -0.39 is 51.8 Å². The molecule has 0 heterocycles. The maximum Gasteiger partial charge on any atom is 0.472 e. The average Bonchev–Trinajstić information content (AvgIpc) is 3.34. The number of carbonyl (C=O) groups is 2. The molecule has 0 radical (unpaired) electrons. The van der Waals surface area contributed by atoms with Crippen LogP contribution in [0.25, 0.3) is 0 Å². The molecule has 0 spiro atoms. The second-order valence-electron chi connectivity index (χ2n) is 19.7. The van der Waals surface area contributed by atoms with E-state index in [1.54, 1.807) is 0 Å². The highest BCUT2D eigenvalue weighted by molar-refractivity contribution is 7.47. The molecule has 0 aliphatic heterocycles. The van der Waals surface area contributed by atoms with Crippen molar-refractivity contribution >= 4 is 19.8 Å². The molecule has 0 aromatic heterocycles. The Kier molecular flexibility index (Phi) is 52.6. The topological polar surface area (TPSA) is 149 Å². The number of phosphoric acid groups is 1. The van der Waals surface area contributed by atoms with Gasteiger partial charge in [0.25, 0.3) is 0 Å². The van der Waals surface area contributed by atoms with Gasteiger partial charge in [0.2, 0.25) is 0 Å². The van der Waals surface area contributed by atoms with Crippen LogP contribution in [0.4, 0.5) is 0 Å². The average molecular weight is 997 g/mol. The van der Waals surface area contributed by atoms with Crippen molar-refractivity contribution in [1.29, 1.82) is 0 Å². The number of aliphatic hydroxyl groups is 2. The Bertz CT molecular complexity index is 1240. The van der Waals surface area contributed by atoms with E-state index in [1.807, 2.05) is 0 Å². The molecule has 0 saturated heterocycles. The fourth-order valence-electron chi connectivity index (χ4n) is 8.32. The first kappa shape index (κ1) is 67.2. The molecule has 0 aromatic rings. The fraction of sp³-hybridized carbons (Fsp3) is 0.862. The number of aliphatic hydroxyl groups excluding tert-OH is 2. The van der Waals surface area contributed by atoms with Crippen molar-refractivity contribution in [3.05, 3.63) is 36.5 Å². The van der Waals surface area contributed by atoms with E-state index in [0.29, 0.717) is 12.8 Å². The zero-order valence-corrected chi connectivity index (χ0v) is 45.7. The molecule has 0 aromatic carbocycles. The molecule has 3 unspecified atom stereocenters. The van der Waals surface area contributed by atoms with Crippen LogP contribution in [-0.2, 0) is 32.7 Å². The van der Waals surface area contributed by atoms with Gasteiger partial charge in [0.05, 0.1) is 19.8 Å². The maximum atomic E-state index is 12.7. The predicted molar refractivity (Wildman–Crippen MR) is 288 cm³/mol. The van der Waals surface area contributed by atoms with Gasteiger partial charge in [-0.25, -0.2) is 4.57 Å². The number of hydrogen-bond donors (Lipinski definition) is 3. The van der Waals surface area contributed by atoms with Gasteiger partial charge in [-0.3, -0.25) is 18.6 Å². The van der Waals surface area contributed by atoms with Gasteiger partial charge in [0.1, 0.15) is 12.7 Å². The lowest BCUT2D eigenvalue weighted by Crippen LogP contribution is -2.29. The van der Waals surface area contributed by atoms with Crippen LogP contribution in [0, 0.1) is 0 Å². The number of rotatable bonds is 55. The summed E-state index contributed by atoms with van der Waals surface area (Å²) in [6.45, 7) is 2.43. The lowest BCUT2D eigenvalue weighted by atomic mass is 10.0. The zero-order valence-electron chi connectivity index (χ0n) is 44.8. The Morgan fingerprint density at radius 1 is 0.435 bits per heavy atom. The molecular formula is C58H109O10P. The third kappa shape index (κ3) is 53.8. The Morgan fingerprint density at radius 3 is 1.13 bits per heavy atom. The third-order valence-corrected chi connectivity index (χ3v) is 13.7. The van der Waals surface area contributed by atoms with Gasteiger partial charge in [-0.1, -0.05) is 237 Å². The lowest BCUT2D eigenvalue weighted by molar-refractivity contribution is -0.161. The molecule has 0 rings (SSSR count). The number of carbonyl (C=O) groups excluding carboxylic acids is 2. The number of unbranched alkanes of at least 4 members (excludes halogenated alkanes) is 35. The highest BCUT2D eigenvalue weighted by atomic mass is 31.2. The normalized spacial score (nSPS) is 13.8. The summed E-state index contributed by atoms with van der Waals surface area (Å²) in [5.74, 6) is -0.915. The molecule has 0 aliphatic carbocycles. The van der Waals surface area contributed by atoms with Crippen LogP contribution in [-0.4, -0.2) is 65.7 Å². The molecule has 3 atom stereocenters. The molecule has 11 heteroatoms. The standard InChI is InChI=1S/C58H109O10P/c1-3-5-7-9-11-13-15-17-19-21-23-25-27-29-31-33-35-37-39-41-43-45-47-49-57(61)65-53-56(54-67-69(63,64)66-52-55(60)51-59)68-58(62)50-48-46-44-42-40-38-36-34-32-30-28-26-24-22-20-18-16-14-12-10-8-6-4-2/h16,18,21-24,55-56,59-60H,3-15,17,19-20,25-54H2,1-2H3,(H,63,64)/b18-16-,23-21-,24-22-. The fourth-order valence-corrected chi connectivity index (χ4v) is 9.11. The van der Waals surface area contributed by atoms with E-state index in [0.717, 1.165) is 44.9 Å². The third-order valence-electron chi connectivity index (χ3n) is 12.8. The molecule has 0 amide bonds. The first-order valence-electron chi connectivity index (χ1n) is 28.9. The van der Waals surface area contributed by atoms with Gasteiger partial charge >= 0.3 is 19.8 Å². The van der Waals surface area contributed by atoms with Crippen molar-refractivity contribution in [2.24, 2.45) is 0 Å². The van der Waals surface area contributed by atoms with Crippen LogP contribution in [0.15, 0.2) is 36.5 Å². The Morgan fingerprint density at radius 2 is 0.754 bits per heavy atom. The van der Waals surface area contributed by atoms with E-state index in [-0.39, 0.29) is 19.4 Å². The highest BCUT2D eigenvalue weighted by Gasteiger charge is 2.27. The van der Waals surface area contributed by atoms with Crippen LogP contribution < -0.4 is 0 Å². The summed E-state index contributed by atoms with van der Waals surface area (Å²) in [7, 11) is -4.63. The minimum absolute atomic E-state index is 0.183. The monoisotopic (exact) mass is 997 g/mol. The summed E-state index contributed by atoms with van der Waals surface area (Å²) in [5.41, 5.74) is 0. The van der Waals surface area contributed by atoms with E-state index in [4.69, 9.17) is 23.6 Å². The number of phosphoric ester groups is 1. The first-order chi connectivity index (χ1) is 33.7. The van der Waals surface area contributed by atoms with Crippen molar-refractivity contribution in [2.75, 3.05) is 26.4 Å². The van der Waals surface area contributed by atoms with Gasteiger partial charge in [0, 0.05) is 12.8 Å². The van der Waals surface area contributed by atoms with Crippen molar-refractivity contribution in [3.8, 4) is 0 Å². The second kappa shape index (κ2) is 54.0. The SMILES string of the molecule is CCCCCCC/C=C\C/C=C\CCCCCCCCCCCCCC(=O)OC(COC(=O)CCCCCCCCCCCCC/C=C\CCCCCCCCCC)COP(=O)(O)OCC(O)CO. The Hall–Kier alpha value is -1.81. The van der Waals surface area contributed by atoms with Gasteiger partial charge in [-0.15, -0.1) is 0 Å². The van der Waals surface area contributed by atoms with E-state index in [1.165, 1.54) is 199 Å². The molecular weight excluding hydrogens is 888 g/mol. The zero-order chi connectivity index (χ0) is 50.4. The number of esters is 2. The summed E-state index contributed by atoms with van der Waals surface area (Å²) in [6.07, 6.45) is 61.2. The second-order valence-corrected chi connectivity index (χ2v) is 21.1. The van der Waals surface area contributed by atoms with Crippen LogP contribution in [0.1, 0.15) is 284 Å². The summed E-state index contributed by atoms with van der Waals surface area (Å²) in [4.78, 5) is 35.3. The minimum Gasteiger partial charge on any atom is -0.462 e. The summed E-state index contributed by atoms with van der Waals surface area (Å²) < 4.78 is 33.0. The van der Waals surface area contributed by atoms with Crippen molar-refractivity contribution in [3.63, 3.8) is 0 Å². The molecule has 0 fully saturated rings. The number of allylic oxidation sites excluding steroid dienone is 6. The van der Waals surface area contributed by atoms with Crippen LogP contribution in [0.2, 0.25) is 0 Å². The lowest BCUT2D eigenvalue weighted by Gasteiger charge is -2.20. The summed E-state index contributed by atoms with van der Waals surface area (Å²) in [5, 5.41) is 18.5. The van der Waals surface area contributed by atoms with Crippen molar-refractivity contribution < 1.29 is 47.8 Å². The minimum atomic E-state index is -4.63. The Balaban J connectivity index is 4.09. The maximum absolute atomic E-state index is 12.7. The van der Waals surface area contributed by atoms with Crippen LogP contribution in [0.5, 0.6) is 0 Å². The molecule has 0 saturated carbocycles. The van der Waals surface area contributed by atoms with Crippen LogP contribution >= 0.6 is 7.82 Å².